The lowest BCUT2D eigenvalue weighted by atomic mass is 10.1. The summed E-state index contributed by atoms with van der Waals surface area (Å²) in [4.78, 5) is 5.80. The second kappa shape index (κ2) is 4.92. The van der Waals surface area contributed by atoms with Crippen LogP contribution in [0.1, 0.15) is 12.0 Å². The van der Waals surface area contributed by atoms with Crippen LogP contribution in [-0.4, -0.2) is 11.5 Å². The number of nitrogens with zero attached hydrogens (tertiary/aromatic N) is 3. The lowest BCUT2D eigenvalue weighted by Crippen LogP contribution is -1.77. The molecule has 0 amide bonds. The number of benzene rings is 1. The van der Waals surface area contributed by atoms with Crippen molar-refractivity contribution >= 4 is 10.9 Å². The van der Waals surface area contributed by atoms with Gasteiger partial charge < -0.3 is 4.98 Å². The number of fused-ring (bicyclic) bond motifs is 1. The lowest BCUT2D eigenvalue weighted by molar-refractivity contribution is 1.01. The zero-order chi connectivity index (χ0) is 11.2. The van der Waals surface area contributed by atoms with Gasteiger partial charge in [0.15, 0.2) is 0 Å². The maximum atomic E-state index is 8.08. The van der Waals surface area contributed by atoms with Gasteiger partial charge in [-0.25, -0.2) is 0 Å². The van der Waals surface area contributed by atoms with Crippen molar-refractivity contribution in [3.63, 3.8) is 0 Å². The van der Waals surface area contributed by atoms with Gasteiger partial charge >= 0.3 is 0 Å². The number of H-pyrrole nitrogens is 1. The van der Waals surface area contributed by atoms with Crippen LogP contribution in [0, 0.1) is 11.8 Å². The number of nitrogens with one attached hydrogen (secondary N) is 1. The summed E-state index contributed by atoms with van der Waals surface area (Å²) in [5, 5.41) is 4.60. The van der Waals surface area contributed by atoms with Crippen LogP contribution in [0.15, 0.2) is 35.6 Å². The number of azide groups is 1. The van der Waals surface area contributed by atoms with E-state index < -0.39 is 0 Å². The van der Waals surface area contributed by atoms with Crippen molar-refractivity contribution in [2.45, 2.75) is 6.42 Å². The minimum Gasteiger partial charge on any atom is -0.361 e. The van der Waals surface area contributed by atoms with Crippen LogP contribution in [0.25, 0.3) is 21.3 Å². The summed E-state index contributed by atoms with van der Waals surface area (Å²) in [7, 11) is 0. The Labute approximate surface area is 92.9 Å². The van der Waals surface area contributed by atoms with Gasteiger partial charge in [0.2, 0.25) is 0 Å². The van der Waals surface area contributed by atoms with Gasteiger partial charge in [0.1, 0.15) is 0 Å². The average molecular weight is 210 g/mol. The zero-order valence-corrected chi connectivity index (χ0v) is 8.64. The minimum atomic E-state index is 0.425. The Bertz CT molecular complexity index is 594. The number of rotatable bonds is 2. The second-order valence-corrected chi connectivity index (χ2v) is 3.29. The first-order valence-corrected chi connectivity index (χ1v) is 4.97. The molecular formula is C12H10N4. The second-order valence-electron chi connectivity index (χ2n) is 3.29. The molecule has 0 saturated carbocycles. The van der Waals surface area contributed by atoms with Crippen molar-refractivity contribution in [3.05, 3.63) is 46.5 Å². The predicted molar refractivity (Wildman–Crippen MR) is 63.8 cm³/mol. The number of hydrogen-bond donors (Lipinski definition) is 1. The molecule has 1 heterocycles. The van der Waals surface area contributed by atoms with E-state index in [0.717, 1.165) is 11.1 Å². The smallest absolute Gasteiger partial charge is 0.0466 e. The van der Waals surface area contributed by atoms with Crippen molar-refractivity contribution in [1.82, 2.24) is 4.98 Å². The summed E-state index contributed by atoms with van der Waals surface area (Å²) in [6.45, 7) is 0.425. The highest BCUT2D eigenvalue weighted by atomic mass is 15.1. The summed E-state index contributed by atoms with van der Waals surface area (Å²) < 4.78 is 0. The third-order valence-corrected chi connectivity index (χ3v) is 2.19. The van der Waals surface area contributed by atoms with Crippen LogP contribution < -0.4 is 0 Å². The summed E-state index contributed by atoms with van der Waals surface area (Å²) >= 11 is 0. The van der Waals surface area contributed by atoms with Gasteiger partial charge in [-0.15, -0.1) is 0 Å². The largest absolute Gasteiger partial charge is 0.361 e. The number of aromatic amines is 1. The molecule has 0 radical (unpaired) electrons. The highest BCUT2D eigenvalue weighted by Gasteiger charge is 1.93. The van der Waals surface area contributed by atoms with Crippen molar-refractivity contribution in [2.24, 2.45) is 5.11 Å². The molecular weight excluding hydrogens is 200 g/mol. The zero-order valence-electron chi connectivity index (χ0n) is 8.64. The molecule has 1 aromatic carbocycles. The van der Waals surface area contributed by atoms with E-state index >= 15 is 0 Å². The number of aromatic nitrogens is 1. The first-order chi connectivity index (χ1) is 7.90. The monoisotopic (exact) mass is 210 g/mol. The summed E-state index contributed by atoms with van der Waals surface area (Å²) in [5.74, 6) is 6.00. The van der Waals surface area contributed by atoms with Crippen LogP contribution in [0.3, 0.4) is 0 Å². The van der Waals surface area contributed by atoms with E-state index in [-0.39, 0.29) is 0 Å². The van der Waals surface area contributed by atoms with E-state index in [1.807, 2.05) is 30.5 Å². The van der Waals surface area contributed by atoms with E-state index in [2.05, 4.69) is 26.9 Å². The normalized spacial score (nSPS) is 9.25. The Kier molecular flexibility index (Phi) is 3.12. The van der Waals surface area contributed by atoms with Gasteiger partial charge in [-0.05, 0) is 29.1 Å². The van der Waals surface area contributed by atoms with Crippen LogP contribution in [0.4, 0.5) is 0 Å². The van der Waals surface area contributed by atoms with Gasteiger partial charge in [-0.2, -0.15) is 0 Å². The summed E-state index contributed by atoms with van der Waals surface area (Å²) in [6.07, 6.45) is 2.50. The molecule has 0 aliphatic rings. The molecule has 0 atom stereocenters. The Morgan fingerprint density at radius 1 is 1.38 bits per heavy atom. The maximum absolute atomic E-state index is 8.08. The van der Waals surface area contributed by atoms with Crippen molar-refractivity contribution in [1.29, 1.82) is 0 Å². The molecule has 0 unspecified atom stereocenters. The van der Waals surface area contributed by atoms with E-state index in [4.69, 9.17) is 5.53 Å². The molecule has 0 spiro atoms. The Morgan fingerprint density at radius 2 is 2.31 bits per heavy atom. The van der Waals surface area contributed by atoms with Crippen LogP contribution in [-0.2, 0) is 0 Å². The van der Waals surface area contributed by atoms with Crippen molar-refractivity contribution < 1.29 is 0 Å². The molecule has 0 aliphatic heterocycles. The summed E-state index contributed by atoms with van der Waals surface area (Å²) in [6, 6.07) is 8.05. The van der Waals surface area contributed by atoms with E-state index in [9.17, 15) is 0 Å². The molecule has 0 bridgehead atoms. The molecule has 0 saturated heterocycles. The lowest BCUT2D eigenvalue weighted by Gasteiger charge is -1.91. The highest BCUT2D eigenvalue weighted by molar-refractivity contribution is 5.80. The van der Waals surface area contributed by atoms with Gasteiger partial charge in [-0.1, -0.05) is 23.0 Å². The molecule has 0 fully saturated rings. The van der Waals surface area contributed by atoms with Gasteiger partial charge in [0, 0.05) is 35.2 Å². The average Bonchev–Trinajstić information content (AvgIpc) is 2.76. The molecule has 4 nitrogen and oxygen atoms in total. The Hall–Kier alpha value is -2.37. The van der Waals surface area contributed by atoms with E-state index in [1.165, 1.54) is 5.39 Å². The first-order valence-electron chi connectivity index (χ1n) is 4.97. The fourth-order valence-electron chi connectivity index (χ4n) is 1.44. The molecule has 1 N–H and O–H groups in total. The topological polar surface area (TPSA) is 64.6 Å². The van der Waals surface area contributed by atoms with Gasteiger partial charge in [0.05, 0.1) is 0 Å². The third-order valence-electron chi connectivity index (χ3n) is 2.19. The molecule has 2 rings (SSSR count). The predicted octanol–water partition coefficient (Wildman–Crippen LogP) is 3.22. The van der Waals surface area contributed by atoms with Crippen molar-refractivity contribution in [3.8, 4) is 11.8 Å². The fraction of sp³-hybridized carbons (Fsp3) is 0.167. The quantitative estimate of drug-likeness (QED) is 0.260. The fourth-order valence-corrected chi connectivity index (χ4v) is 1.44. The number of hydrogen-bond acceptors (Lipinski definition) is 1. The van der Waals surface area contributed by atoms with Crippen LogP contribution >= 0.6 is 0 Å². The Morgan fingerprint density at radius 3 is 3.19 bits per heavy atom. The van der Waals surface area contributed by atoms with Crippen molar-refractivity contribution in [2.75, 3.05) is 6.54 Å². The molecule has 1 aromatic heterocycles. The Balaban J connectivity index is 2.11. The molecule has 2 aromatic rings. The van der Waals surface area contributed by atoms with Gasteiger partial charge in [0.25, 0.3) is 0 Å². The molecule has 0 aliphatic carbocycles. The van der Waals surface area contributed by atoms with Crippen LogP contribution in [0.2, 0.25) is 0 Å². The molecule has 4 heteroatoms. The van der Waals surface area contributed by atoms with E-state index in [1.54, 1.807) is 0 Å². The maximum Gasteiger partial charge on any atom is 0.0466 e. The molecule has 16 heavy (non-hydrogen) atoms. The minimum absolute atomic E-state index is 0.425. The third kappa shape index (κ3) is 2.35. The van der Waals surface area contributed by atoms with Crippen LogP contribution in [0.5, 0.6) is 0 Å². The SMILES string of the molecule is [N-]=[N+]=NCCC#Cc1ccc2cc[nH]c2c1. The summed E-state index contributed by atoms with van der Waals surface area (Å²) in [5.41, 5.74) is 10.1. The highest BCUT2D eigenvalue weighted by Crippen LogP contribution is 2.13. The first kappa shape index (κ1) is 10.2. The van der Waals surface area contributed by atoms with E-state index in [0.29, 0.717) is 13.0 Å². The molecule has 78 valence electrons. The van der Waals surface area contributed by atoms with Gasteiger partial charge in [-0.3, -0.25) is 0 Å². The standard InChI is InChI=1S/C12H10N4/c13-16-15-7-2-1-3-10-4-5-11-6-8-14-12(11)9-10/h4-6,8-9,14H,2,7H2.